The number of pyridine rings is 1. The first-order valence-electron chi connectivity index (χ1n) is 5.01. The van der Waals surface area contributed by atoms with E-state index >= 15 is 0 Å². The topological polar surface area (TPSA) is 60.2 Å². The fourth-order valence-corrected chi connectivity index (χ4v) is 1.39. The van der Waals surface area contributed by atoms with E-state index in [1.165, 1.54) is 19.4 Å². The van der Waals surface area contributed by atoms with Crippen molar-refractivity contribution in [2.75, 3.05) is 18.2 Å². The molecule has 1 aromatic carbocycles. The van der Waals surface area contributed by atoms with Gasteiger partial charge >= 0.3 is 0 Å². The average molecular weight is 233 g/mol. The van der Waals surface area contributed by atoms with Gasteiger partial charge in [-0.25, -0.2) is 4.39 Å². The Bertz CT molecular complexity index is 531. The summed E-state index contributed by atoms with van der Waals surface area (Å²) in [6.45, 7) is 0. The van der Waals surface area contributed by atoms with E-state index in [1.54, 1.807) is 24.4 Å². The number of benzene rings is 1. The van der Waals surface area contributed by atoms with E-state index in [0.717, 1.165) is 0 Å². The van der Waals surface area contributed by atoms with Gasteiger partial charge in [0.2, 0.25) is 0 Å². The van der Waals surface area contributed by atoms with Crippen LogP contribution in [0.2, 0.25) is 0 Å². The van der Waals surface area contributed by atoms with Gasteiger partial charge in [-0.2, -0.15) is 0 Å². The third kappa shape index (κ3) is 2.44. The molecule has 2 rings (SSSR count). The molecule has 0 amide bonds. The van der Waals surface area contributed by atoms with Crippen LogP contribution in [0.1, 0.15) is 0 Å². The molecule has 0 fully saturated rings. The number of nitrogens with zero attached hydrogens (tertiary/aromatic N) is 1. The summed E-state index contributed by atoms with van der Waals surface area (Å²) < 4.78 is 18.6. The van der Waals surface area contributed by atoms with Crippen LogP contribution in [0.5, 0.6) is 5.75 Å². The van der Waals surface area contributed by atoms with Crippen LogP contribution in [0, 0.1) is 5.82 Å². The Morgan fingerprint density at radius 2 is 2.12 bits per heavy atom. The molecule has 0 aliphatic rings. The zero-order chi connectivity index (χ0) is 12.3. The van der Waals surface area contributed by atoms with Crippen LogP contribution in [0.3, 0.4) is 0 Å². The highest BCUT2D eigenvalue weighted by Gasteiger charge is 2.05. The number of hydrogen-bond donors (Lipinski definition) is 2. The van der Waals surface area contributed by atoms with Gasteiger partial charge in [0.25, 0.3) is 0 Å². The van der Waals surface area contributed by atoms with Crippen molar-refractivity contribution in [3.63, 3.8) is 0 Å². The molecule has 17 heavy (non-hydrogen) atoms. The number of halogens is 1. The molecule has 0 radical (unpaired) electrons. The second-order valence-electron chi connectivity index (χ2n) is 3.43. The van der Waals surface area contributed by atoms with Gasteiger partial charge in [-0.15, -0.1) is 0 Å². The number of nitrogens with two attached hydrogens (primary N) is 1. The van der Waals surface area contributed by atoms with E-state index in [0.29, 0.717) is 22.8 Å². The molecule has 0 bridgehead atoms. The van der Waals surface area contributed by atoms with Crippen molar-refractivity contribution in [3.05, 3.63) is 42.5 Å². The Morgan fingerprint density at radius 1 is 1.29 bits per heavy atom. The van der Waals surface area contributed by atoms with Gasteiger partial charge in [-0.3, -0.25) is 4.98 Å². The minimum absolute atomic E-state index is 0.337. The number of anilines is 3. The van der Waals surface area contributed by atoms with Crippen LogP contribution < -0.4 is 15.8 Å². The number of hydrogen-bond acceptors (Lipinski definition) is 4. The molecule has 0 aliphatic heterocycles. The molecule has 0 saturated heterocycles. The zero-order valence-corrected chi connectivity index (χ0v) is 9.27. The van der Waals surface area contributed by atoms with Crippen LogP contribution in [0.25, 0.3) is 0 Å². The molecule has 0 spiro atoms. The molecule has 5 heteroatoms. The van der Waals surface area contributed by atoms with Gasteiger partial charge in [-0.1, -0.05) is 0 Å². The zero-order valence-electron chi connectivity index (χ0n) is 9.27. The van der Waals surface area contributed by atoms with Crippen molar-refractivity contribution >= 4 is 17.1 Å². The second-order valence-corrected chi connectivity index (χ2v) is 3.43. The molecule has 2 aromatic rings. The normalized spacial score (nSPS) is 10.0. The lowest BCUT2D eigenvalue weighted by Gasteiger charge is -2.10. The Kier molecular flexibility index (Phi) is 3.09. The highest BCUT2D eigenvalue weighted by Crippen LogP contribution is 2.26. The summed E-state index contributed by atoms with van der Waals surface area (Å²) in [6.07, 6.45) is 3.09. The lowest BCUT2D eigenvalue weighted by molar-refractivity contribution is 0.411. The van der Waals surface area contributed by atoms with Crippen LogP contribution in [-0.2, 0) is 0 Å². The van der Waals surface area contributed by atoms with Gasteiger partial charge in [-0.05, 0) is 18.2 Å². The van der Waals surface area contributed by atoms with Gasteiger partial charge < -0.3 is 15.8 Å². The lowest BCUT2D eigenvalue weighted by atomic mass is 10.2. The van der Waals surface area contributed by atoms with Crippen LogP contribution >= 0.6 is 0 Å². The highest BCUT2D eigenvalue weighted by atomic mass is 19.1. The summed E-state index contributed by atoms with van der Waals surface area (Å²) in [6, 6.07) is 6.25. The monoisotopic (exact) mass is 233 g/mol. The number of nitrogen functional groups attached to an aromatic ring is 1. The average Bonchev–Trinajstić information content (AvgIpc) is 2.34. The molecular formula is C12H12FN3O. The van der Waals surface area contributed by atoms with E-state index in [-0.39, 0.29) is 0 Å². The number of aromatic nitrogens is 1. The predicted molar refractivity (Wildman–Crippen MR) is 64.9 cm³/mol. The smallest absolute Gasteiger partial charge is 0.150 e. The largest absolute Gasteiger partial charge is 0.497 e. The maximum Gasteiger partial charge on any atom is 0.150 e. The molecule has 0 aliphatic carbocycles. The van der Waals surface area contributed by atoms with Crippen molar-refractivity contribution in [3.8, 4) is 5.75 Å². The molecule has 0 saturated carbocycles. The van der Waals surface area contributed by atoms with Crippen LogP contribution in [-0.4, -0.2) is 12.1 Å². The summed E-state index contributed by atoms with van der Waals surface area (Å²) in [4.78, 5) is 3.86. The number of rotatable bonds is 3. The summed E-state index contributed by atoms with van der Waals surface area (Å²) in [5.74, 6) is 0.0660. The second kappa shape index (κ2) is 4.69. The third-order valence-electron chi connectivity index (χ3n) is 2.30. The maximum absolute atomic E-state index is 13.7. The molecule has 0 unspecified atom stereocenters. The van der Waals surface area contributed by atoms with Crippen LogP contribution in [0.4, 0.5) is 21.5 Å². The van der Waals surface area contributed by atoms with E-state index in [2.05, 4.69) is 10.3 Å². The number of methoxy groups -OCH3 is 1. The standard InChI is InChI=1S/C12H12FN3O/c1-17-8-2-3-11(9(13)6-8)16-12-4-5-15-7-10(12)14/h2-7H,14H2,1H3,(H,15,16). The highest BCUT2D eigenvalue weighted by molar-refractivity contribution is 5.71. The number of ether oxygens (including phenoxy) is 1. The Morgan fingerprint density at radius 3 is 2.76 bits per heavy atom. The molecular weight excluding hydrogens is 221 g/mol. The minimum atomic E-state index is -0.402. The Labute approximate surface area is 98.2 Å². The Hall–Kier alpha value is -2.30. The van der Waals surface area contributed by atoms with E-state index in [9.17, 15) is 4.39 Å². The first kappa shape index (κ1) is 11.2. The third-order valence-corrected chi connectivity index (χ3v) is 2.30. The quantitative estimate of drug-likeness (QED) is 0.855. The summed E-state index contributed by atoms with van der Waals surface area (Å²) in [5.41, 5.74) is 7.11. The molecule has 1 aromatic heterocycles. The molecule has 1 heterocycles. The first-order valence-corrected chi connectivity index (χ1v) is 5.01. The van der Waals surface area contributed by atoms with Gasteiger partial charge in [0.05, 0.1) is 30.4 Å². The van der Waals surface area contributed by atoms with Crippen molar-refractivity contribution in [2.45, 2.75) is 0 Å². The van der Waals surface area contributed by atoms with E-state index in [1.807, 2.05) is 0 Å². The maximum atomic E-state index is 13.7. The molecule has 3 N–H and O–H groups in total. The van der Waals surface area contributed by atoms with Crippen molar-refractivity contribution in [1.29, 1.82) is 0 Å². The molecule has 88 valence electrons. The SMILES string of the molecule is COc1ccc(Nc2ccncc2N)c(F)c1. The number of nitrogens with one attached hydrogen (secondary N) is 1. The van der Waals surface area contributed by atoms with Crippen LogP contribution in [0.15, 0.2) is 36.7 Å². The van der Waals surface area contributed by atoms with Crippen molar-refractivity contribution < 1.29 is 9.13 Å². The molecule has 4 nitrogen and oxygen atoms in total. The Balaban J connectivity index is 2.28. The van der Waals surface area contributed by atoms with E-state index in [4.69, 9.17) is 10.5 Å². The fraction of sp³-hybridized carbons (Fsp3) is 0.0833. The van der Waals surface area contributed by atoms with Crippen molar-refractivity contribution in [2.24, 2.45) is 0 Å². The van der Waals surface area contributed by atoms with Gasteiger partial charge in [0.1, 0.15) is 11.6 Å². The van der Waals surface area contributed by atoms with Gasteiger partial charge in [0, 0.05) is 12.3 Å². The summed E-state index contributed by atoms with van der Waals surface area (Å²) in [7, 11) is 1.49. The fourth-order valence-electron chi connectivity index (χ4n) is 1.39. The van der Waals surface area contributed by atoms with Gasteiger partial charge in [0.15, 0.2) is 0 Å². The lowest BCUT2D eigenvalue weighted by Crippen LogP contribution is -1.98. The van der Waals surface area contributed by atoms with E-state index < -0.39 is 5.82 Å². The predicted octanol–water partition coefficient (Wildman–Crippen LogP) is 2.56. The molecule has 0 atom stereocenters. The minimum Gasteiger partial charge on any atom is -0.497 e. The summed E-state index contributed by atoms with van der Waals surface area (Å²) >= 11 is 0. The summed E-state index contributed by atoms with van der Waals surface area (Å²) in [5, 5.41) is 2.90. The van der Waals surface area contributed by atoms with Crippen molar-refractivity contribution in [1.82, 2.24) is 4.98 Å². The first-order chi connectivity index (χ1) is 8.20.